The number of halogens is 1. The van der Waals surface area contributed by atoms with Crippen molar-refractivity contribution in [3.63, 3.8) is 0 Å². The summed E-state index contributed by atoms with van der Waals surface area (Å²) in [5.74, 6) is 0.660. The Morgan fingerprint density at radius 1 is 1.64 bits per heavy atom. The van der Waals surface area contributed by atoms with E-state index in [0.29, 0.717) is 16.4 Å². The van der Waals surface area contributed by atoms with E-state index in [4.69, 9.17) is 22.6 Å². The summed E-state index contributed by atoms with van der Waals surface area (Å²) in [5.41, 5.74) is 6.10. The number of nitriles is 1. The van der Waals surface area contributed by atoms with Crippen LogP contribution >= 0.6 is 11.6 Å². The van der Waals surface area contributed by atoms with Crippen molar-refractivity contribution in [1.82, 2.24) is 4.98 Å². The standard InChI is InChI=1S/C9H9ClN4/c10-8-6(3-11)1-2-13-9(8)14-4-7(12)5-14/h1-2,7H,4-5,12H2. The first-order valence-corrected chi connectivity index (χ1v) is 4.65. The van der Waals surface area contributed by atoms with Crippen molar-refractivity contribution in [3.8, 4) is 6.07 Å². The van der Waals surface area contributed by atoms with Gasteiger partial charge in [0.05, 0.1) is 5.56 Å². The molecule has 0 atom stereocenters. The van der Waals surface area contributed by atoms with Gasteiger partial charge in [-0.3, -0.25) is 0 Å². The van der Waals surface area contributed by atoms with Crippen molar-refractivity contribution in [1.29, 1.82) is 5.26 Å². The van der Waals surface area contributed by atoms with Crippen LogP contribution in [0.4, 0.5) is 5.82 Å². The van der Waals surface area contributed by atoms with Crippen molar-refractivity contribution >= 4 is 17.4 Å². The monoisotopic (exact) mass is 208 g/mol. The maximum atomic E-state index is 8.76. The van der Waals surface area contributed by atoms with Crippen LogP contribution in [0.25, 0.3) is 0 Å². The number of hydrogen-bond donors (Lipinski definition) is 1. The summed E-state index contributed by atoms with van der Waals surface area (Å²) in [6.45, 7) is 1.50. The summed E-state index contributed by atoms with van der Waals surface area (Å²) < 4.78 is 0. The molecule has 0 bridgehead atoms. The number of rotatable bonds is 1. The lowest BCUT2D eigenvalue weighted by Gasteiger charge is -2.38. The second-order valence-corrected chi connectivity index (χ2v) is 3.65. The molecule has 2 heterocycles. The van der Waals surface area contributed by atoms with E-state index >= 15 is 0 Å². The van der Waals surface area contributed by atoms with Gasteiger partial charge in [-0.15, -0.1) is 0 Å². The number of hydrogen-bond acceptors (Lipinski definition) is 4. The van der Waals surface area contributed by atoms with Crippen LogP contribution in [0.3, 0.4) is 0 Å². The van der Waals surface area contributed by atoms with Gasteiger partial charge >= 0.3 is 0 Å². The molecule has 0 aromatic carbocycles. The molecule has 1 saturated heterocycles. The van der Waals surface area contributed by atoms with Crippen molar-refractivity contribution in [2.45, 2.75) is 6.04 Å². The zero-order valence-corrected chi connectivity index (χ0v) is 8.20. The lowest BCUT2D eigenvalue weighted by molar-refractivity contribution is 0.514. The molecular weight excluding hydrogens is 200 g/mol. The van der Waals surface area contributed by atoms with Gasteiger partial charge in [-0.25, -0.2) is 4.98 Å². The number of pyridine rings is 1. The first-order valence-electron chi connectivity index (χ1n) is 4.27. The minimum atomic E-state index is 0.193. The Morgan fingerprint density at radius 2 is 2.36 bits per heavy atom. The topological polar surface area (TPSA) is 65.9 Å². The largest absolute Gasteiger partial charge is 0.352 e. The Kier molecular flexibility index (Phi) is 2.28. The third kappa shape index (κ3) is 1.41. The normalized spacial score (nSPS) is 16.2. The highest BCUT2D eigenvalue weighted by atomic mass is 35.5. The molecule has 2 rings (SSSR count). The first kappa shape index (κ1) is 9.25. The van der Waals surface area contributed by atoms with Crippen molar-refractivity contribution in [3.05, 3.63) is 22.8 Å². The van der Waals surface area contributed by atoms with Crippen LogP contribution in [0, 0.1) is 11.3 Å². The summed E-state index contributed by atoms with van der Waals surface area (Å²) in [7, 11) is 0. The lowest BCUT2D eigenvalue weighted by Crippen LogP contribution is -2.56. The minimum Gasteiger partial charge on any atom is -0.352 e. The fourth-order valence-corrected chi connectivity index (χ4v) is 1.70. The van der Waals surface area contributed by atoms with Crippen LogP contribution < -0.4 is 10.6 Å². The van der Waals surface area contributed by atoms with E-state index in [2.05, 4.69) is 4.98 Å². The Bertz CT molecular complexity index is 392. The number of nitrogens with zero attached hydrogens (tertiary/aromatic N) is 3. The van der Waals surface area contributed by atoms with Crippen LogP contribution in [-0.4, -0.2) is 24.1 Å². The van der Waals surface area contributed by atoms with Gasteiger partial charge in [0.25, 0.3) is 0 Å². The number of nitrogens with two attached hydrogens (primary N) is 1. The summed E-state index contributed by atoms with van der Waals surface area (Å²) in [4.78, 5) is 6.10. The van der Waals surface area contributed by atoms with Crippen LogP contribution in [-0.2, 0) is 0 Å². The fourth-order valence-electron chi connectivity index (χ4n) is 1.43. The summed E-state index contributed by atoms with van der Waals surface area (Å²) in [6.07, 6.45) is 1.59. The van der Waals surface area contributed by atoms with E-state index < -0.39 is 0 Å². The van der Waals surface area contributed by atoms with Gasteiger partial charge in [0, 0.05) is 25.3 Å². The van der Waals surface area contributed by atoms with E-state index in [9.17, 15) is 0 Å². The predicted molar refractivity (Wildman–Crippen MR) is 54.2 cm³/mol. The maximum absolute atomic E-state index is 8.76. The third-order valence-corrected chi connectivity index (χ3v) is 2.57. The molecule has 0 unspecified atom stereocenters. The molecular formula is C9H9ClN4. The Morgan fingerprint density at radius 3 is 2.93 bits per heavy atom. The van der Waals surface area contributed by atoms with Gasteiger partial charge in [0.2, 0.25) is 0 Å². The highest BCUT2D eigenvalue weighted by molar-refractivity contribution is 6.34. The van der Waals surface area contributed by atoms with E-state index in [1.807, 2.05) is 11.0 Å². The minimum absolute atomic E-state index is 0.193. The molecule has 0 radical (unpaired) electrons. The zero-order valence-electron chi connectivity index (χ0n) is 7.44. The third-order valence-electron chi connectivity index (χ3n) is 2.20. The van der Waals surface area contributed by atoms with Crippen molar-refractivity contribution in [2.24, 2.45) is 5.73 Å². The predicted octanol–water partition coefficient (Wildman–Crippen LogP) is 0.754. The van der Waals surface area contributed by atoms with E-state index in [0.717, 1.165) is 13.1 Å². The molecule has 0 saturated carbocycles. The van der Waals surface area contributed by atoms with E-state index in [-0.39, 0.29) is 6.04 Å². The van der Waals surface area contributed by atoms with Crippen LogP contribution in [0.15, 0.2) is 12.3 Å². The van der Waals surface area contributed by atoms with Gasteiger partial charge < -0.3 is 10.6 Å². The summed E-state index contributed by atoms with van der Waals surface area (Å²) >= 11 is 6.00. The molecule has 5 heteroatoms. The summed E-state index contributed by atoms with van der Waals surface area (Å²) in [5, 5.41) is 9.18. The average molecular weight is 209 g/mol. The highest BCUT2D eigenvalue weighted by Gasteiger charge is 2.26. The molecule has 4 nitrogen and oxygen atoms in total. The average Bonchev–Trinajstić information content (AvgIpc) is 2.14. The van der Waals surface area contributed by atoms with Gasteiger partial charge in [0.15, 0.2) is 0 Å². The van der Waals surface area contributed by atoms with Gasteiger partial charge in [0.1, 0.15) is 16.9 Å². The molecule has 1 aliphatic rings. The molecule has 0 spiro atoms. The van der Waals surface area contributed by atoms with E-state index in [1.54, 1.807) is 12.3 Å². The molecule has 0 amide bonds. The molecule has 72 valence electrons. The quantitative estimate of drug-likeness (QED) is 0.740. The molecule has 14 heavy (non-hydrogen) atoms. The van der Waals surface area contributed by atoms with Crippen LogP contribution in [0.2, 0.25) is 5.02 Å². The van der Waals surface area contributed by atoms with Gasteiger partial charge in [-0.2, -0.15) is 5.26 Å². The Hall–Kier alpha value is -1.31. The maximum Gasteiger partial charge on any atom is 0.148 e. The first-order chi connectivity index (χ1) is 6.72. The van der Waals surface area contributed by atoms with Gasteiger partial charge in [-0.1, -0.05) is 11.6 Å². The van der Waals surface area contributed by atoms with Crippen molar-refractivity contribution < 1.29 is 0 Å². The lowest BCUT2D eigenvalue weighted by atomic mass is 10.1. The second kappa shape index (κ2) is 3.45. The molecule has 1 aromatic heterocycles. The molecule has 1 fully saturated rings. The smallest absolute Gasteiger partial charge is 0.148 e. The Labute approximate surface area is 86.9 Å². The van der Waals surface area contributed by atoms with Crippen LogP contribution in [0.5, 0.6) is 0 Å². The summed E-state index contributed by atoms with van der Waals surface area (Å²) in [6, 6.07) is 3.82. The second-order valence-electron chi connectivity index (χ2n) is 3.27. The number of aromatic nitrogens is 1. The van der Waals surface area contributed by atoms with Crippen LogP contribution in [0.1, 0.15) is 5.56 Å². The van der Waals surface area contributed by atoms with Crippen molar-refractivity contribution in [2.75, 3.05) is 18.0 Å². The Balaban J connectivity index is 2.31. The highest BCUT2D eigenvalue weighted by Crippen LogP contribution is 2.28. The van der Waals surface area contributed by atoms with Gasteiger partial charge in [-0.05, 0) is 6.07 Å². The van der Waals surface area contributed by atoms with E-state index in [1.165, 1.54) is 0 Å². The molecule has 1 aromatic rings. The molecule has 0 aliphatic carbocycles. The fraction of sp³-hybridized carbons (Fsp3) is 0.333. The number of anilines is 1. The SMILES string of the molecule is N#Cc1ccnc(N2CC(N)C2)c1Cl. The zero-order chi connectivity index (χ0) is 10.1. The molecule has 1 aliphatic heterocycles. The molecule has 2 N–H and O–H groups in total.